The van der Waals surface area contributed by atoms with Gasteiger partial charge in [-0.25, -0.2) is 9.97 Å². The van der Waals surface area contributed by atoms with Crippen LogP contribution in [-0.2, 0) is 0 Å². The minimum atomic E-state index is 0.548. The zero-order chi connectivity index (χ0) is 9.26. The summed E-state index contributed by atoms with van der Waals surface area (Å²) >= 11 is 0. The highest BCUT2D eigenvalue weighted by Gasteiger charge is 2.04. The number of furan rings is 1. The molecule has 2 rings (SSSR count). The van der Waals surface area contributed by atoms with Crippen molar-refractivity contribution in [2.75, 3.05) is 5.73 Å². The molecule has 13 heavy (non-hydrogen) atoms. The van der Waals surface area contributed by atoms with Crippen LogP contribution in [0.15, 0.2) is 28.9 Å². The van der Waals surface area contributed by atoms with Crippen molar-refractivity contribution in [2.24, 2.45) is 0 Å². The zero-order valence-electron chi connectivity index (χ0n) is 7.19. The first-order chi connectivity index (χ1) is 6.25. The van der Waals surface area contributed by atoms with Gasteiger partial charge in [-0.3, -0.25) is 0 Å². The number of hydrogen-bond acceptors (Lipinski definition) is 4. The summed E-state index contributed by atoms with van der Waals surface area (Å²) in [5.74, 6) is 2.07. The summed E-state index contributed by atoms with van der Waals surface area (Å²) in [7, 11) is 0. The van der Waals surface area contributed by atoms with E-state index in [-0.39, 0.29) is 0 Å². The van der Waals surface area contributed by atoms with Gasteiger partial charge in [-0.05, 0) is 19.1 Å². The van der Waals surface area contributed by atoms with Crippen molar-refractivity contribution in [3.63, 3.8) is 0 Å². The van der Waals surface area contributed by atoms with Gasteiger partial charge in [0.15, 0.2) is 11.6 Å². The van der Waals surface area contributed by atoms with Gasteiger partial charge in [0, 0.05) is 0 Å². The van der Waals surface area contributed by atoms with Gasteiger partial charge < -0.3 is 10.2 Å². The minimum absolute atomic E-state index is 0.548. The second-order valence-electron chi connectivity index (χ2n) is 2.75. The van der Waals surface area contributed by atoms with Crippen molar-refractivity contribution >= 4 is 5.69 Å². The lowest BCUT2D eigenvalue weighted by Gasteiger charge is -1.94. The van der Waals surface area contributed by atoms with Gasteiger partial charge >= 0.3 is 0 Å². The van der Waals surface area contributed by atoms with Crippen molar-refractivity contribution in [1.29, 1.82) is 0 Å². The van der Waals surface area contributed by atoms with Crippen molar-refractivity contribution < 1.29 is 4.42 Å². The molecule has 0 aliphatic carbocycles. The highest BCUT2D eigenvalue weighted by molar-refractivity contribution is 5.48. The van der Waals surface area contributed by atoms with Crippen LogP contribution in [0.4, 0.5) is 5.69 Å². The van der Waals surface area contributed by atoms with Gasteiger partial charge in [0.1, 0.15) is 5.76 Å². The molecule has 0 atom stereocenters. The SMILES string of the molecule is Cc1ccc(-c2ncc(N)cn2)o1. The molecule has 4 heteroatoms. The molecule has 0 spiro atoms. The molecule has 0 aliphatic rings. The van der Waals surface area contributed by atoms with Crippen LogP contribution >= 0.6 is 0 Å². The van der Waals surface area contributed by atoms with E-state index in [1.165, 1.54) is 0 Å². The van der Waals surface area contributed by atoms with Crippen LogP contribution in [0.1, 0.15) is 5.76 Å². The van der Waals surface area contributed by atoms with Gasteiger partial charge in [0.05, 0.1) is 18.1 Å². The molecule has 0 saturated heterocycles. The van der Waals surface area contributed by atoms with Gasteiger partial charge in [-0.1, -0.05) is 0 Å². The standard InChI is InChI=1S/C9H9N3O/c1-6-2-3-8(13-6)9-11-4-7(10)5-12-9/h2-5H,10H2,1H3. The molecular weight excluding hydrogens is 166 g/mol. The van der Waals surface area contributed by atoms with Gasteiger partial charge in [0.25, 0.3) is 0 Å². The van der Waals surface area contributed by atoms with Crippen LogP contribution in [0.2, 0.25) is 0 Å². The van der Waals surface area contributed by atoms with E-state index in [0.717, 1.165) is 5.76 Å². The van der Waals surface area contributed by atoms with E-state index in [9.17, 15) is 0 Å². The van der Waals surface area contributed by atoms with Crippen molar-refractivity contribution in [1.82, 2.24) is 9.97 Å². The van der Waals surface area contributed by atoms with Crippen LogP contribution in [0, 0.1) is 6.92 Å². The lowest BCUT2D eigenvalue weighted by molar-refractivity contribution is 0.544. The summed E-state index contributed by atoms with van der Waals surface area (Å²) in [5, 5.41) is 0. The summed E-state index contributed by atoms with van der Waals surface area (Å²) in [4.78, 5) is 8.06. The number of nitrogens with zero attached hydrogens (tertiary/aromatic N) is 2. The lowest BCUT2D eigenvalue weighted by Crippen LogP contribution is -1.90. The maximum absolute atomic E-state index is 5.45. The molecule has 0 amide bonds. The first-order valence-corrected chi connectivity index (χ1v) is 3.90. The summed E-state index contributed by atoms with van der Waals surface area (Å²) in [5.41, 5.74) is 6.00. The average molecular weight is 175 g/mol. The molecule has 0 radical (unpaired) electrons. The van der Waals surface area contributed by atoms with E-state index in [0.29, 0.717) is 17.3 Å². The number of aryl methyl sites for hydroxylation is 1. The van der Waals surface area contributed by atoms with E-state index in [4.69, 9.17) is 10.2 Å². The fraction of sp³-hybridized carbons (Fsp3) is 0.111. The van der Waals surface area contributed by atoms with Gasteiger partial charge in [-0.2, -0.15) is 0 Å². The number of nitrogen functional groups attached to an aromatic ring is 1. The van der Waals surface area contributed by atoms with Crippen molar-refractivity contribution in [3.05, 3.63) is 30.3 Å². The number of hydrogen-bond donors (Lipinski definition) is 1. The Kier molecular flexibility index (Phi) is 1.73. The topological polar surface area (TPSA) is 64.9 Å². The Morgan fingerprint density at radius 3 is 2.46 bits per heavy atom. The van der Waals surface area contributed by atoms with Gasteiger partial charge in [0.2, 0.25) is 0 Å². The second-order valence-corrected chi connectivity index (χ2v) is 2.75. The number of anilines is 1. The third-order valence-corrected chi connectivity index (χ3v) is 1.63. The second kappa shape index (κ2) is 2.90. The maximum Gasteiger partial charge on any atom is 0.195 e. The first-order valence-electron chi connectivity index (χ1n) is 3.90. The monoisotopic (exact) mass is 175 g/mol. The highest BCUT2D eigenvalue weighted by Crippen LogP contribution is 2.17. The first kappa shape index (κ1) is 7.79. The van der Waals surface area contributed by atoms with Crippen LogP contribution in [-0.4, -0.2) is 9.97 Å². The van der Waals surface area contributed by atoms with Crippen molar-refractivity contribution in [3.8, 4) is 11.6 Å². The molecule has 0 bridgehead atoms. The Labute approximate surface area is 75.4 Å². The molecule has 2 heterocycles. The largest absolute Gasteiger partial charge is 0.458 e. The zero-order valence-corrected chi connectivity index (χ0v) is 7.19. The Morgan fingerprint density at radius 1 is 1.23 bits per heavy atom. The normalized spacial score (nSPS) is 10.2. The van der Waals surface area contributed by atoms with Gasteiger partial charge in [-0.15, -0.1) is 0 Å². The average Bonchev–Trinajstić information content (AvgIpc) is 2.53. The Bertz CT molecular complexity index is 405. The molecule has 0 aromatic carbocycles. The van der Waals surface area contributed by atoms with Crippen LogP contribution in [0.25, 0.3) is 11.6 Å². The third-order valence-electron chi connectivity index (χ3n) is 1.63. The molecule has 0 unspecified atom stereocenters. The Morgan fingerprint density at radius 2 is 1.92 bits per heavy atom. The third kappa shape index (κ3) is 1.51. The molecule has 0 fully saturated rings. The highest BCUT2D eigenvalue weighted by atomic mass is 16.3. The summed E-state index contributed by atoms with van der Waals surface area (Å²) < 4.78 is 5.34. The molecule has 4 nitrogen and oxygen atoms in total. The maximum atomic E-state index is 5.45. The number of nitrogens with two attached hydrogens (primary N) is 1. The summed E-state index contributed by atoms with van der Waals surface area (Å²) in [6, 6.07) is 3.70. The smallest absolute Gasteiger partial charge is 0.195 e. The van der Waals surface area contributed by atoms with E-state index >= 15 is 0 Å². The van der Waals surface area contributed by atoms with E-state index in [1.54, 1.807) is 12.4 Å². The van der Waals surface area contributed by atoms with E-state index in [2.05, 4.69) is 9.97 Å². The van der Waals surface area contributed by atoms with E-state index in [1.807, 2.05) is 19.1 Å². The predicted octanol–water partition coefficient (Wildman–Crippen LogP) is 1.63. The summed E-state index contributed by atoms with van der Waals surface area (Å²) in [6.07, 6.45) is 3.11. The van der Waals surface area contributed by atoms with Crippen molar-refractivity contribution in [2.45, 2.75) is 6.92 Å². The minimum Gasteiger partial charge on any atom is -0.458 e. The molecule has 0 aliphatic heterocycles. The number of rotatable bonds is 1. The fourth-order valence-corrected chi connectivity index (χ4v) is 1.02. The Hall–Kier alpha value is -1.84. The molecule has 2 aromatic heterocycles. The van der Waals surface area contributed by atoms with Crippen LogP contribution in [0.5, 0.6) is 0 Å². The van der Waals surface area contributed by atoms with E-state index < -0.39 is 0 Å². The molecule has 0 saturated carbocycles. The number of aromatic nitrogens is 2. The fourth-order valence-electron chi connectivity index (χ4n) is 1.02. The quantitative estimate of drug-likeness (QED) is 0.715. The Balaban J connectivity index is 2.41. The van der Waals surface area contributed by atoms with Crippen LogP contribution in [0.3, 0.4) is 0 Å². The molecule has 2 N–H and O–H groups in total. The molecule has 66 valence electrons. The molecule has 2 aromatic rings. The lowest BCUT2D eigenvalue weighted by atomic mass is 10.4. The molecular formula is C9H9N3O. The summed E-state index contributed by atoms with van der Waals surface area (Å²) in [6.45, 7) is 1.88. The van der Waals surface area contributed by atoms with Crippen LogP contribution < -0.4 is 5.73 Å². The predicted molar refractivity (Wildman–Crippen MR) is 48.9 cm³/mol.